The maximum atomic E-state index is 11.3. The Morgan fingerprint density at radius 3 is 3.00 bits per heavy atom. The monoisotopic (exact) mass is 183 g/mol. The lowest BCUT2D eigenvalue weighted by Gasteiger charge is -2.32. The van der Waals surface area contributed by atoms with Gasteiger partial charge in [0.15, 0.2) is 0 Å². The van der Waals surface area contributed by atoms with Gasteiger partial charge in [0.05, 0.1) is 12.6 Å². The Morgan fingerprint density at radius 2 is 2.38 bits per heavy atom. The van der Waals surface area contributed by atoms with E-state index in [9.17, 15) is 4.79 Å². The fourth-order valence-electron chi connectivity index (χ4n) is 1.93. The van der Waals surface area contributed by atoms with Crippen molar-refractivity contribution in [2.75, 3.05) is 26.7 Å². The van der Waals surface area contributed by atoms with Crippen molar-refractivity contribution in [2.24, 2.45) is 0 Å². The second-order valence-electron chi connectivity index (χ2n) is 3.98. The molecule has 0 bridgehead atoms. The third-order valence-corrected chi connectivity index (χ3v) is 2.68. The number of rotatable bonds is 3. The smallest absolute Gasteiger partial charge is 0.234 e. The van der Waals surface area contributed by atoms with Crippen LogP contribution < -0.4 is 10.6 Å². The molecule has 1 heterocycles. The van der Waals surface area contributed by atoms with Crippen molar-refractivity contribution in [1.29, 1.82) is 0 Å². The Bertz CT molecular complexity index is 203. The molecule has 0 aromatic heterocycles. The van der Waals surface area contributed by atoms with E-state index in [1.54, 1.807) is 0 Å². The minimum Gasteiger partial charge on any atom is -0.350 e. The van der Waals surface area contributed by atoms with Crippen molar-refractivity contribution in [3.8, 4) is 0 Å². The molecule has 4 heteroatoms. The van der Waals surface area contributed by atoms with Gasteiger partial charge in [0.1, 0.15) is 0 Å². The second kappa shape index (κ2) is 3.64. The van der Waals surface area contributed by atoms with E-state index >= 15 is 0 Å². The van der Waals surface area contributed by atoms with Gasteiger partial charge < -0.3 is 10.6 Å². The summed E-state index contributed by atoms with van der Waals surface area (Å²) in [6.07, 6.45) is 2.55. The van der Waals surface area contributed by atoms with Crippen molar-refractivity contribution < 1.29 is 4.79 Å². The molecule has 74 valence electrons. The van der Waals surface area contributed by atoms with E-state index in [-0.39, 0.29) is 5.91 Å². The van der Waals surface area contributed by atoms with E-state index in [1.165, 1.54) is 12.8 Å². The molecule has 0 aromatic rings. The topological polar surface area (TPSA) is 44.4 Å². The zero-order valence-electron chi connectivity index (χ0n) is 8.05. The maximum Gasteiger partial charge on any atom is 0.234 e. The first-order valence-electron chi connectivity index (χ1n) is 4.97. The number of carbonyl (C=O) groups excluding carboxylic acids is 1. The Labute approximate surface area is 78.7 Å². The van der Waals surface area contributed by atoms with E-state index in [2.05, 4.69) is 15.5 Å². The van der Waals surface area contributed by atoms with Gasteiger partial charge in [-0.25, -0.2) is 0 Å². The number of hydrogen-bond donors (Lipinski definition) is 2. The quantitative estimate of drug-likeness (QED) is 0.600. The summed E-state index contributed by atoms with van der Waals surface area (Å²) in [4.78, 5) is 13.6. The molecule has 0 spiro atoms. The molecule has 1 aliphatic heterocycles. The van der Waals surface area contributed by atoms with E-state index in [0.29, 0.717) is 18.6 Å². The zero-order chi connectivity index (χ0) is 9.26. The predicted octanol–water partition coefficient (Wildman–Crippen LogP) is -0.831. The van der Waals surface area contributed by atoms with Gasteiger partial charge in [-0.15, -0.1) is 0 Å². The molecule has 13 heavy (non-hydrogen) atoms. The Morgan fingerprint density at radius 1 is 1.62 bits per heavy atom. The fraction of sp³-hybridized carbons (Fsp3) is 0.889. The van der Waals surface area contributed by atoms with Gasteiger partial charge in [-0.3, -0.25) is 9.69 Å². The van der Waals surface area contributed by atoms with E-state index < -0.39 is 0 Å². The number of nitrogens with zero attached hydrogens (tertiary/aromatic N) is 1. The molecule has 1 aliphatic carbocycles. The van der Waals surface area contributed by atoms with E-state index in [1.807, 2.05) is 7.05 Å². The van der Waals surface area contributed by atoms with Crippen molar-refractivity contribution in [2.45, 2.75) is 24.9 Å². The predicted molar refractivity (Wildman–Crippen MR) is 50.5 cm³/mol. The summed E-state index contributed by atoms with van der Waals surface area (Å²) in [6.45, 7) is 2.48. The minimum absolute atomic E-state index is 0.179. The average molecular weight is 183 g/mol. The molecular formula is C9H17N3O. The number of hydrogen-bond acceptors (Lipinski definition) is 3. The SMILES string of the molecule is CNCC1CN(C2CC2)CC(=O)N1. The summed E-state index contributed by atoms with van der Waals surface area (Å²) in [6, 6.07) is 0.997. The van der Waals surface area contributed by atoms with E-state index in [0.717, 1.165) is 13.1 Å². The van der Waals surface area contributed by atoms with Gasteiger partial charge in [-0.1, -0.05) is 0 Å². The van der Waals surface area contributed by atoms with Crippen LogP contribution in [0.1, 0.15) is 12.8 Å². The van der Waals surface area contributed by atoms with Crippen LogP contribution in [0.4, 0.5) is 0 Å². The van der Waals surface area contributed by atoms with Crippen LogP contribution in [0.5, 0.6) is 0 Å². The zero-order valence-corrected chi connectivity index (χ0v) is 8.05. The molecule has 1 saturated carbocycles. The number of piperazine rings is 1. The van der Waals surface area contributed by atoms with Gasteiger partial charge in [-0.05, 0) is 19.9 Å². The molecule has 0 radical (unpaired) electrons. The van der Waals surface area contributed by atoms with Crippen LogP contribution in [-0.4, -0.2) is 49.6 Å². The number of carbonyl (C=O) groups is 1. The molecule has 1 saturated heterocycles. The van der Waals surface area contributed by atoms with E-state index in [4.69, 9.17) is 0 Å². The van der Waals surface area contributed by atoms with Crippen LogP contribution >= 0.6 is 0 Å². The third kappa shape index (κ3) is 2.19. The van der Waals surface area contributed by atoms with Gasteiger partial charge in [0, 0.05) is 19.1 Å². The lowest BCUT2D eigenvalue weighted by Crippen LogP contribution is -2.57. The first-order chi connectivity index (χ1) is 6.29. The van der Waals surface area contributed by atoms with Crippen LogP contribution in [0.3, 0.4) is 0 Å². The molecule has 2 rings (SSSR count). The molecule has 2 fully saturated rings. The first kappa shape index (κ1) is 8.97. The van der Waals surface area contributed by atoms with Crippen molar-refractivity contribution in [3.05, 3.63) is 0 Å². The number of likely N-dealkylation sites (N-methyl/N-ethyl adjacent to an activating group) is 1. The largest absolute Gasteiger partial charge is 0.350 e. The molecular weight excluding hydrogens is 166 g/mol. The highest BCUT2D eigenvalue weighted by Gasteiger charge is 2.34. The molecule has 2 aliphatic rings. The molecule has 1 atom stereocenters. The lowest BCUT2D eigenvalue weighted by molar-refractivity contribution is -0.125. The molecule has 4 nitrogen and oxygen atoms in total. The highest BCUT2D eigenvalue weighted by atomic mass is 16.2. The summed E-state index contributed by atoms with van der Waals surface area (Å²) in [5.74, 6) is 0.179. The summed E-state index contributed by atoms with van der Waals surface area (Å²) in [7, 11) is 1.92. The first-order valence-corrected chi connectivity index (χ1v) is 4.97. The molecule has 0 aromatic carbocycles. The standard InChI is InChI=1S/C9H17N3O/c1-10-4-7-5-12(8-2-3-8)6-9(13)11-7/h7-8,10H,2-6H2,1H3,(H,11,13). The third-order valence-electron chi connectivity index (χ3n) is 2.68. The lowest BCUT2D eigenvalue weighted by atomic mass is 10.2. The van der Waals surface area contributed by atoms with Crippen LogP contribution in [0.2, 0.25) is 0 Å². The Kier molecular flexibility index (Phi) is 2.51. The molecule has 1 unspecified atom stereocenters. The number of nitrogens with one attached hydrogen (secondary N) is 2. The van der Waals surface area contributed by atoms with Crippen LogP contribution in [-0.2, 0) is 4.79 Å². The van der Waals surface area contributed by atoms with Gasteiger partial charge in [0.2, 0.25) is 5.91 Å². The van der Waals surface area contributed by atoms with Crippen molar-refractivity contribution in [3.63, 3.8) is 0 Å². The highest BCUT2D eigenvalue weighted by Crippen LogP contribution is 2.27. The van der Waals surface area contributed by atoms with Crippen LogP contribution in [0.15, 0.2) is 0 Å². The van der Waals surface area contributed by atoms with Crippen molar-refractivity contribution >= 4 is 5.91 Å². The maximum absolute atomic E-state index is 11.3. The normalized spacial score (nSPS) is 30.2. The molecule has 1 amide bonds. The summed E-state index contributed by atoms with van der Waals surface area (Å²) in [5, 5.41) is 6.08. The average Bonchev–Trinajstić information content (AvgIpc) is 2.85. The summed E-state index contributed by atoms with van der Waals surface area (Å²) in [5.41, 5.74) is 0. The Balaban J connectivity index is 1.88. The minimum atomic E-state index is 0.179. The van der Waals surface area contributed by atoms with Gasteiger partial charge in [0.25, 0.3) is 0 Å². The van der Waals surface area contributed by atoms with Crippen molar-refractivity contribution in [1.82, 2.24) is 15.5 Å². The Hall–Kier alpha value is -0.610. The highest BCUT2D eigenvalue weighted by molar-refractivity contribution is 5.79. The van der Waals surface area contributed by atoms with Crippen LogP contribution in [0.25, 0.3) is 0 Å². The molecule has 2 N–H and O–H groups in total. The van der Waals surface area contributed by atoms with Gasteiger partial charge in [-0.2, -0.15) is 0 Å². The fourth-order valence-corrected chi connectivity index (χ4v) is 1.93. The second-order valence-corrected chi connectivity index (χ2v) is 3.98. The summed E-state index contributed by atoms with van der Waals surface area (Å²) < 4.78 is 0. The van der Waals surface area contributed by atoms with Gasteiger partial charge >= 0.3 is 0 Å². The number of amides is 1. The van der Waals surface area contributed by atoms with Crippen LogP contribution in [0, 0.1) is 0 Å². The summed E-state index contributed by atoms with van der Waals surface area (Å²) >= 11 is 0.